The smallest absolute Gasteiger partial charge is 0.325 e. The van der Waals surface area contributed by atoms with Crippen molar-refractivity contribution in [3.8, 4) is 5.75 Å². The fourth-order valence-corrected chi connectivity index (χ4v) is 3.79. The van der Waals surface area contributed by atoms with E-state index in [-0.39, 0.29) is 42.5 Å². The summed E-state index contributed by atoms with van der Waals surface area (Å²) < 4.78 is 10.5. The minimum atomic E-state index is -0.641. The van der Waals surface area contributed by atoms with E-state index >= 15 is 0 Å². The van der Waals surface area contributed by atoms with Crippen molar-refractivity contribution in [3.05, 3.63) is 106 Å². The predicted octanol–water partition coefficient (Wildman–Crippen LogP) is 4.36. The highest BCUT2D eigenvalue weighted by Crippen LogP contribution is 2.29. The van der Waals surface area contributed by atoms with Crippen LogP contribution in [0.4, 0.5) is 5.69 Å². The van der Waals surface area contributed by atoms with Gasteiger partial charge in [0.1, 0.15) is 12.3 Å². The minimum Gasteiger partial charge on any atom is -0.494 e. The van der Waals surface area contributed by atoms with Crippen LogP contribution in [0.3, 0.4) is 0 Å². The number of hydrogen-bond donors (Lipinski definition) is 0. The van der Waals surface area contributed by atoms with Gasteiger partial charge in [-0.15, -0.1) is 0 Å². The summed E-state index contributed by atoms with van der Waals surface area (Å²) in [5, 5.41) is 11.0. The average molecular weight is 491 g/mol. The Morgan fingerprint density at radius 3 is 2.14 bits per heavy atom. The Hall–Kier alpha value is -4.53. The van der Waals surface area contributed by atoms with E-state index in [9.17, 15) is 24.5 Å². The number of esters is 1. The normalized spacial score (nSPS) is 10.5. The van der Waals surface area contributed by atoms with Gasteiger partial charge in [0.25, 0.3) is 5.69 Å². The summed E-state index contributed by atoms with van der Waals surface area (Å²) in [5.74, 6) is -0.518. The van der Waals surface area contributed by atoms with E-state index in [4.69, 9.17) is 9.47 Å². The second-order valence-electron chi connectivity index (χ2n) is 7.87. The molecule has 0 saturated carbocycles. The van der Waals surface area contributed by atoms with Gasteiger partial charge in [0.05, 0.1) is 30.2 Å². The predicted molar refractivity (Wildman–Crippen MR) is 132 cm³/mol. The molecule has 36 heavy (non-hydrogen) atoms. The number of carbonyl (C=O) groups excluding carboxylic acids is 3. The lowest BCUT2D eigenvalue weighted by Gasteiger charge is -2.32. The molecule has 0 fully saturated rings. The van der Waals surface area contributed by atoms with E-state index in [0.29, 0.717) is 12.7 Å². The van der Waals surface area contributed by atoms with E-state index in [1.807, 2.05) is 60.7 Å². The number of benzene rings is 3. The Kier molecular flexibility index (Phi) is 9.27. The van der Waals surface area contributed by atoms with Gasteiger partial charge in [-0.1, -0.05) is 60.7 Å². The third-order valence-corrected chi connectivity index (χ3v) is 5.52. The number of nitrogens with zero attached hydrogens (tertiary/aromatic N) is 2. The van der Waals surface area contributed by atoms with Crippen LogP contribution in [0.5, 0.6) is 5.75 Å². The molecule has 0 radical (unpaired) electrons. The number of carbonyl (C=O) groups is 3. The summed E-state index contributed by atoms with van der Waals surface area (Å²) in [4.78, 5) is 48.6. The largest absolute Gasteiger partial charge is 0.494 e. The molecule has 0 atom stereocenters. The molecule has 0 spiro atoms. The van der Waals surface area contributed by atoms with Crippen molar-refractivity contribution in [1.82, 2.24) is 4.90 Å². The van der Waals surface area contributed by atoms with Crippen molar-refractivity contribution in [2.75, 3.05) is 20.3 Å². The molecular formula is C27H26N2O7. The fraction of sp³-hybridized carbons (Fsp3) is 0.222. The molecule has 186 valence electrons. The molecule has 0 aromatic heterocycles. The molecular weight excluding hydrogens is 464 g/mol. The first kappa shape index (κ1) is 26.1. The molecule has 1 amide bonds. The molecule has 0 heterocycles. The summed E-state index contributed by atoms with van der Waals surface area (Å²) in [5.41, 5.74) is 1.30. The summed E-state index contributed by atoms with van der Waals surface area (Å²) in [6.45, 7) is -0.0923. The Morgan fingerprint density at radius 2 is 1.61 bits per heavy atom. The van der Waals surface area contributed by atoms with Crippen LogP contribution in [-0.2, 0) is 14.3 Å². The number of amides is 1. The number of aldehydes is 1. The Bertz CT molecular complexity index is 1160. The highest BCUT2D eigenvalue weighted by atomic mass is 16.6. The van der Waals surface area contributed by atoms with Crippen LogP contribution >= 0.6 is 0 Å². The van der Waals surface area contributed by atoms with Crippen molar-refractivity contribution in [2.45, 2.75) is 18.9 Å². The lowest BCUT2D eigenvalue weighted by molar-refractivity contribution is -0.385. The maximum absolute atomic E-state index is 13.4. The summed E-state index contributed by atoms with van der Waals surface area (Å²) in [6, 6.07) is 22.2. The fourth-order valence-electron chi connectivity index (χ4n) is 3.79. The van der Waals surface area contributed by atoms with Crippen molar-refractivity contribution in [2.24, 2.45) is 0 Å². The Balaban J connectivity index is 1.74. The first-order valence-corrected chi connectivity index (χ1v) is 11.3. The van der Waals surface area contributed by atoms with Crippen LogP contribution in [0.2, 0.25) is 0 Å². The molecule has 0 aliphatic heterocycles. The van der Waals surface area contributed by atoms with Gasteiger partial charge < -0.3 is 14.4 Å². The van der Waals surface area contributed by atoms with Gasteiger partial charge in [0.2, 0.25) is 5.91 Å². The molecule has 9 nitrogen and oxygen atoms in total. The minimum absolute atomic E-state index is 0.0840. The van der Waals surface area contributed by atoms with Gasteiger partial charge in [0, 0.05) is 12.5 Å². The SMILES string of the molecule is COC(=O)CN(C(=O)CCCOc1ccc([N+](=O)[O-])c(C=O)c1)C(c1ccccc1)c1ccccc1. The Labute approximate surface area is 208 Å². The van der Waals surface area contributed by atoms with Gasteiger partial charge in [-0.2, -0.15) is 0 Å². The first-order valence-electron chi connectivity index (χ1n) is 11.3. The molecule has 0 saturated heterocycles. The molecule has 0 aliphatic rings. The van der Waals surface area contributed by atoms with E-state index in [1.54, 1.807) is 0 Å². The summed E-state index contributed by atoms with van der Waals surface area (Å²) in [6.07, 6.45) is 0.799. The zero-order chi connectivity index (χ0) is 25.9. The molecule has 0 unspecified atom stereocenters. The summed E-state index contributed by atoms with van der Waals surface area (Å²) >= 11 is 0. The third kappa shape index (κ3) is 6.75. The lowest BCUT2D eigenvalue weighted by Crippen LogP contribution is -2.39. The van der Waals surface area contributed by atoms with Gasteiger partial charge in [-0.25, -0.2) is 0 Å². The van der Waals surface area contributed by atoms with Crippen molar-refractivity contribution >= 4 is 23.9 Å². The van der Waals surface area contributed by atoms with Crippen LogP contribution in [-0.4, -0.2) is 48.2 Å². The monoisotopic (exact) mass is 490 g/mol. The van der Waals surface area contributed by atoms with Crippen LogP contribution in [0.1, 0.15) is 40.4 Å². The highest BCUT2D eigenvalue weighted by Gasteiger charge is 2.28. The average Bonchev–Trinajstić information content (AvgIpc) is 2.91. The van der Waals surface area contributed by atoms with Gasteiger partial charge >= 0.3 is 5.97 Å². The lowest BCUT2D eigenvalue weighted by atomic mass is 9.96. The van der Waals surface area contributed by atoms with Crippen LogP contribution in [0, 0.1) is 10.1 Å². The topological polar surface area (TPSA) is 116 Å². The third-order valence-electron chi connectivity index (χ3n) is 5.52. The number of hydrogen-bond acceptors (Lipinski definition) is 7. The number of nitro benzene ring substituents is 1. The van der Waals surface area contributed by atoms with Crippen LogP contribution < -0.4 is 4.74 Å². The number of methoxy groups -OCH3 is 1. The number of nitro groups is 1. The van der Waals surface area contributed by atoms with E-state index < -0.39 is 16.9 Å². The van der Waals surface area contributed by atoms with E-state index in [1.165, 1.54) is 30.2 Å². The quantitative estimate of drug-likeness (QED) is 0.122. The summed E-state index contributed by atoms with van der Waals surface area (Å²) in [7, 11) is 1.27. The van der Waals surface area contributed by atoms with Gasteiger partial charge in [-0.3, -0.25) is 24.5 Å². The second-order valence-corrected chi connectivity index (χ2v) is 7.87. The maximum Gasteiger partial charge on any atom is 0.325 e. The molecule has 0 aliphatic carbocycles. The standard InChI is InChI=1S/C27H26N2O7/c1-35-26(32)18-28(27(20-9-4-2-5-10-20)21-11-6-3-7-12-21)25(31)13-8-16-36-23-14-15-24(29(33)34)22(17-23)19-30/h2-7,9-12,14-15,17,19,27H,8,13,16,18H2,1H3. The van der Waals surface area contributed by atoms with Crippen LogP contribution in [0.15, 0.2) is 78.9 Å². The van der Waals surface area contributed by atoms with E-state index in [2.05, 4.69) is 0 Å². The van der Waals surface area contributed by atoms with Crippen LogP contribution in [0.25, 0.3) is 0 Å². The van der Waals surface area contributed by atoms with E-state index in [0.717, 1.165) is 11.1 Å². The van der Waals surface area contributed by atoms with Gasteiger partial charge in [0.15, 0.2) is 6.29 Å². The second kappa shape index (κ2) is 12.8. The number of ether oxygens (including phenoxy) is 2. The zero-order valence-corrected chi connectivity index (χ0v) is 19.7. The first-order chi connectivity index (χ1) is 17.4. The Morgan fingerprint density at radius 1 is 1.00 bits per heavy atom. The van der Waals surface area contributed by atoms with Gasteiger partial charge in [-0.05, 0) is 29.7 Å². The van der Waals surface area contributed by atoms with Crippen molar-refractivity contribution in [1.29, 1.82) is 0 Å². The zero-order valence-electron chi connectivity index (χ0n) is 19.7. The molecule has 0 bridgehead atoms. The molecule has 3 aromatic rings. The molecule has 9 heteroatoms. The molecule has 0 N–H and O–H groups in total. The van der Waals surface area contributed by atoms with Crippen molar-refractivity contribution < 1.29 is 28.8 Å². The molecule has 3 rings (SSSR count). The number of rotatable bonds is 12. The highest BCUT2D eigenvalue weighted by molar-refractivity contribution is 5.83. The van der Waals surface area contributed by atoms with Crippen molar-refractivity contribution in [3.63, 3.8) is 0 Å². The maximum atomic E-state index is 13.4. The molecule has 3 aromatic carbocycles.